The monoisotopic (exact) mass is 350 g/mol. The van der Waals surface area contributed by atoms with E-state index in [4.69, 9.17) is 0 Å². The van der Waals surface area contributed by atoms with E-state index in [0.717, 1.165) is 11.3 Å². The van der Waals surface area contributed by atoms with Gasteiger partial charge in [-0.25, -0.2) is 0 Å². The Morgan fingerprint density at radius 3 is 2.54 bits per heavy atom. The molecule has 1 radical (unpaired) electrons. The van der Waals surface area contributed by atoms with Gasteiger partial charge in [-0.05, 0) is 11.8 Å². The van der Waals surface area contributed by atoms with Crippen LogP contribution >= 0.6 is 0 Å². The molecule has 0 amide bonds. The van der Waals surface area contributed by atoms with Gasteiger partial charge in [0.1, 0.15) is 0 Å². The standard InChI is InChI=1S/C10H9N2.Ir/c1-9-5-2-3-6-10(9)12-8-4-7-11-12;/h2-8H,1H2;/q-1;. The van der Waals surface area contributed by atoms with Crippen molar-refractivity contribution in [1.29, 1.82) is 0 Å². The van der Waals surface area contributed by atoms with E-state index in [0.29, 0.717) is 0 Å². The number of rotatable bonds is 1. The van der Waals surface area contributed by atoms with Gasteiger partial charge in [-0.15, -0.1) is 6.07 Å². The van der Waals surface area contributed by atoms with Crippen molar-refractivity contribution in [1.82, 2.24) is 9.78 Å². The molecule has 69 valence electrons. The molecule has 0 spiro atoms. The van der Waals surface area contributed by atoms with Gasteiger partial charge >= 0.3 is 0 Å². The Labute approximate surface area is 90.9 Å². The van der Waals surface area contributed by atoms with Crippen molar-refractivity contribution in [3.05, 3.63) is 55.2 Å². The molecule has 1 aromatic carbocycles. The van der Waals surface area contributed by atoms with E-state index in [-0.39, 0.29) is 20.1 Å². The SMILES string of the molecule is [CH2-]c1ccccc1-n1cccn1.[Ir]. The first-order chi connectivity index (χ1) is 5.88. The number of nitrogens with zero attached hydrogens (tertiary/aromatic N) is 2. The van der Waals surface area contributed by atoms with Crippen LogP contribution in [-0.2, 0) is 20.1 Å². The topological polar surface area (TPSA) is 17.8 Å². The van der Waals surface area contributed by atoms with Crippen LogP contribution in [0.2, 0.25) is 0 Å². The summed E-state index contributed by atoms with van der Waals surface area (Å²) in [6, 6.07) is 9.81. The van der Waals surface area contributed by atoms with E-state index in [1.165, 1.54) is 0 Å². The van der Waals surface area contributed by atoms with Crippen molar-refractivity contribution >= 4 is 0 Å². The van der Waals surface area contributed by atoms with Crippen LogP contribution in [0, 0.1) is 6.92 Å². The van der Waals surface area contributed by atoms with Crippen molar-refractivity contribution in [2.24, 2.45) is 0 Å². The van der Waals surface area contributed by atoms with Crippen LogP contribution in [0.4, 0.5) is 0 Å². The molecule has 0 unspecified atom stereocenters. The summed E-state index contributed by atoms with van der Waals surface area (Å²) in [5, 5.41) is 4.12. The Hall–Kier alpha value is -1.05. The number of benzene rings is 1. The zero-order valence-corrected chi connectivity index (χ0v) is 9.37. The molecular formula is C10H9IrN2-. The molecule has 0 N–H and O–H groups in total. The summed E-state index contributed by atoms with van der Waals surface area (Å²) in [5.74, 6) is 0. The van der Waals surface area contributed by atoms with Crippen LogP contribution in [0.5, 0.6) is 0 Å². The minimum Gasteiger partial charge on any atom is -0.294 e. The fourth-order valence-corrected chi connectivity index (χ4v) is 1.15. The van der Waals surface area contributed by atoms with Gasteiger partial charge in [0, 0.05) is 32.5 Å². The van der Waals surface area contributed by atoms with Crippen LogP contribution in [0.1, 0.15) is 5.56 Å². The normalized spacial score (nSPS) is 9.23. The second-order valence-electron chi connectivity index (χ2n) is 2.58. The predicted octanol–water partition coefficient (Wildman–Crippen LogP) is 2.05. The third kappa shape index (κ3) is 2.00. The Morgan fingerprint density at radius 2 is 1.92 bits per heavy atom. The molecule has 13 heavy (non-hydrogen) atoms. The fraction of sp³-hybridized carbons (Fsp3) is 0. The zero-order valence-electron chi connectivity index (χ0n) is 6.98. The van der Waals surface area contributed by atoms with Crippen molar-refractivity contribution in [3.8, 4) is 5.69 Å². The molecular weight excluding hydrogens is 340 g/mol. The minimum absolute atomic E-state index is 0. The Morgan fingerprint density at radius 1 is 1.15 bits per heavy atom. The van der Waals surface area contributed by atoms with Crippen LogP contribution < -0.4 is 0 Å². The summed E-state index contributed by atoms with van der Waals surface area (Å²) >= 11 is 0. The third-order valence-electron chi connectivity index (χ3n) is 1.74. The van der Waals surface area contributed by atoms with Crippen molar-refractivity contribution in [2.45, 2.75) is 0 Å². The maximum absolute atomic E-state index is 4.12. The molecule has 0 bridgehead atoms. The van der Waals surface area contributed by atoms with E-state index in [9.17, 15) is 0 Å². The summed E-state index contributed by atoms with van der Waals surface area (Å²) in [7, 11) is 0. The van der Waals surface area contributed by atoms with Gasteiger partial charge in [0.05, 0.1) is 0 Å². The summed E-state index contributed by atoms with van der Waals surface area (Å²) in [6.45, 7) is 3.92. The molecule has 2 aromatic rings. The predicted molar refractivity (Wildman–Crippen MR) is 48.0 cm³/mol. The van der Waals surface area contributed by atoms with Crippen LogP contribution in [0.15, 0.2) is 42.7 Å². The Bertz CT molecular complexity index is 368. The number of hydrogen-bond donors (Lipinski definition) is 0. The molecule has 0 saturated carbocycles. The Kier molecular flexibility index (Phi) is 3.29. The molecule has 1 aromatic heterocycles. The largest absolute Gasteiger partial charge is 0.294 e. The van der Waals surface area contributed by atoms with E-state index < -0.39 is 0 Å². The van der Waals surface area contributed by atoms with E-state index in [1.807, 2.05) is 41.2 Å². The number of hydrogen-bond acceptors (Lipinski definition) is 1. The van der Waals surface area contributed by atoms with Crippen LogP contribution in [-0.4, -0.2) is 9.78 Å². The smallest absolute Gasteiger partial charge is 0.0481 e. The van der Waals surface area contributed by atoms with Gasteiger partial charge in [-0.1, -0.05) is 12.1 Å². The minimum atomic E-state index is 0. The maximum atomic E-state index is 4.12. The average molecular weight is 349 g/mol. The van der Waals surface area contributed by atoms with Gasteiger partial charge in [-0.2, -0.15) is 23.7 Å². The first-order valence-corrected chi connectivity index (χ1v) is 3.79. The van der Waals surface area contributed by atoms with Gasteiger partial charge in [0.2, 0.25) is 0 Å². The Balaban J connectivity index is 0.000000845. The molecule has 0 fully saturated rings. The zero-order chi connectivity index (χ0) is 8.39. The second kappa shape index (κ2) is 4.26. The summed E-state index contributed by atoms with van der Waals surface area (Å²) in [4.78, 5) is 0. The fourth-order valence-electron chi connectivity index (χ4n) is 1.15. The molecule has 2 nitrogen and oxygen atoms in total. The molecule has 0 aliphatic heterocycles. The summed E-state index contributed by atoms with van der Waals surface area (Å²) in [5.41, 5.74) is 2.02. The molecule has 1 heterocycles. The molecule has 0 aliphatic carbocycles. The molecule has 0 aliphatic rings. The van der Waals surface area contributed by atoms with Crippen molar-refractivity contribution in [3.63, 3.8) is 0 Å². The van der Waals surface area contributed by atoms with Gasteiger partial charge in [0.25, 0.3) is 0 Å². The van der Waals surface area contributed by atoms with Crippen LogP contribution in [0.3, 0.4) is 0 Å². The molecule has 2 rings (SSSR count). The van der Waals surface area contributed by atoms with E-state index in [1.54, 1.807) is 6.20 Å². The quantitative estimate of drug-likeness (QED) is 0.721. The van der Waals surface area contributed by atoms with E-state index >= 15 is 0 Å². The number of para-hydroxylation sites is 1. The van der Waals surface area contributed by atoms with E-state index in [2.05, 4.69) is 12.0 Å². The summed E-state index contributed by atoms with van der Waals surface area (Å²) in [6.07, 6.45) is 3.66. The molecule has 0 atom stereocenters. The van der Waals surface area contributed by atoms with Gasteiger partial charge in [-0.3, -0.25) is 4.68 Å². The molecule has 3 heteroatoms. The van der Waals surface area contributed by atoms with Crippen molar-refractivity contribution in [2.75, 3.05) is 0 Å². The summed E-state index contributed by atoms with van der Waals surface area (Å²) < 4.78 is 1.81. The third-order valence-corrected chi connectivity index (χ3v) is 1.74. The second-order valence-corrected chi connectivity index (χ2v) is 2.58. The molecule has 0 saturated heterocycles. The first-order valence-electron chi connectivity index (χ1n) is 3.79. The van der Waals surface area contributed by atoms with Crippen molar-refractivity contribution < 1.29 is 20.1 Å². The number of aromatic nitrogens is 2. The van der Waals surface area contributed by atoms with Gasteiger partial charge < -0.3 is 0 Å². The maximum Gasteiger partial charge on any atom is 0.0481 e. The average Bonchev–Trinajstić information content (AvgIpc) is 2.57. The van der Waals surface area contributed by atoms with Gasteiger partial charge in [0.15, 0.2) is 0 Å². The first kappa shape index (κ1) is 10.0. The van der Waals surface area contributed by atoms with Crippen LogP contribution in [0.25, 0.3) is 5.69 Å².